The standard InChI is InChI=1S/C16H17BrN2O/c1-11-12(10-18-14-5-6-14)2-9-16(19-11)20-15-7-3-13(17)4-8-15/h2-4,7-9,14,18H,5-6,10H2,1H3. The Morgan fingerprint density at radius 3 is 2.60 bits per heavy atom. The van der Waals surface area contributed by atoms with Crippen LogP contribution in [-0.2, 0) is 6.54 Å². The monoisotopic (exact) mass is 332 g/mol. The van der Waals surface area contributed by atoms with Crippen LogP contribution in [0.25, 0.3) is 0 Å². The summed E-state index contributed by atoms with van der Waals surface area (Å²) in [6.07, 6.45) is 2.61. The van der Waals surface area contributed by atoms with Crippen LogP contribution in [0.1, 0.15) is 24.1 Å². The van der Waals surface area contributed by atoms with Gasteiger partial charge in [-0.05, 0) is 49.6 Å². The molecule has 0 saturated heterocycles. The van der Waals surface area contributed by atoms with Crippen LogP contribution in [0, 0.1) is 6.92 Å². The number of hydrogen-bond acceptors (Lipinski definition) is 3. The van der Waals surface area contributed by atoms with Crippen molar-refractivity contribution in [2.24, 2.45) is 0 Å². The van der Waals surface area contributed by atoms with Crippen LogP contribution < -0.4 is 10.1 Å². The number of ether oxygens (including phenoxy) is 1. The first kappa shape index (κ1) is 13.6. The molecule has 4 heteroatoms. The third-order valence-electron chi connectivity index (χ3n) is 3.36. The summed E-state index contributed by atoms with van der Waals surface area (Å²) in [7, 11) is 0. The van der Waals surface area contributed by atoms with E-state index < -0.39 is 0 Å². The molecule has 20 heavy (non-hydrogen) atoms. The third kappa shape index (κ3) is 3.58. The van der Waals surface area contributed by atoms with Crippen molar-refractivity contribution in [2.45, 2.75) is 32.4 Å². The van der Waals surface area contributed by atoms with Gasteiger partial charge >= 0.3 is 0 Å². The Morgan fingerprint density at radius 2 is 1.95 bits per heavy atom. The molecule has 2 aromatic rings. The number of benzene rings is 1. The number of rotatable bonds is 5. The molecule has 1 saturated carbocycles. The van der Waals surface area contributed by atoms with E-state index in [1.165, 1.54) is 18.4 Å². The van der Waals surface area contributed by atoms with E-state index in [9.17, 15) is 0 Å². The molecule has 0 radical (unpaired) electrons. The van der Waals surface area contributed by atoms with Gasteiger partial charge in [-0.15, -0.1) is 0 Å². The molecule has 0 amide bonds. The zero-order valence-electron chi connectivity index (χ0n) is 11.4. The van der Waals surface area contributed by atoms with Crippen molar-refractivity contribution in [1.29, 1.82) is 0 Å². The summed E-state index contributed by atoms with van der Waals surface area (Å²) in [6, 6.07) is 12.5. The second-order valence-corrected chi connectivity index (χ2v) is 6.02. The van der Waals surface area contributed by atoms with Crippen molar-refractivity contribution < 1.29 is 4.74 Å². The van der Waals surface area contributed by atoms with Gasteiger partial charge < -0.3 is 10.1 Å². The summed E-state index contributed by atoms with van der Waals surface area (Å²) in [6.45, 7) is 2.92. The average Bonchev–Trinajstić information content (AvgIpc) is 3.25. The quantitative estimate of drug-likeness (QED) is 0.891. The SMILES string of the molecule is Cc1nc(Oc2ccc(Br)cc2)ccc1CNC1CC1. The zero-order valence-corrected chi connectivity index (χ0v) is 13.0. The lowest BCUT2D eigenvalue weighted by molar-refractivity contribution is 0.460. The van der Waals surface area contributed by atoms with Gasteiger partial charge in [-0.3, -0.25) is 0 Å². The van der Waals surface area contributed by atoms with E-state index in [0.29, 0.717) is 11.9 Å². The first-order valence-corrected chi connectivity index (χ1v) is 7.63. The zero-order chi connectivity index (χ0) is 13.9. The van der Waals surface area contributed by atoms with Crippen LogP contribution >= 0.6 is 15.9 Å². The highest BCUT2D eigenvalue weighted by atomic mass is 79.9. The Hall–Kier alpha value is -1.39. The Morgan fingerprint density at radius 1 is 1.20 bits per heavy atom. The minimum atomic E-state index is 0.639. The van der Waals surface area contributed by atoms with Crippen molar-refractivity contribution in [3.63, 3.8) is 0 Å². The van der Waals surface area contributed by atoms with Crippen LogP contribution in [0.5, 0.6) is 11.6 Å². The molecule has 3 nitrogen and oxygen atoms in total. The smallest absolute Gasteiger partial charge is 0.219 e. The normalized spacial score (nSPS) is 14.3. The molecule has 1 N–H and O–H groups in total. The topological polar surface area (TPSA) is 34.1 Å². The van der Waals surface area contributed by atoms with Crippen LogP contribution in [0.15, 0.2) is 40.9 Å². The van der Waals surface area contributed by atoms with Gasteiger partial charge in [0.25, 0.3) is 0 Å². The predicted octanol–water partition coefficient (Wildman–Crippen LogP) is 4.20. The van der Waals surface area contributed by atoms with Crippen molar-refractivity contribution in [3.05, 3.63) is 52.1 Å². The largest absolute Gasteiger partial charge is 0.439 e. The highest BCUT2D eigenvalue weighted by Gasteiger charge is 2.20. The van der Waals surface area contributed by atoms with E-state index in [1.807, 2.05) is 37.3 Å². The molecule has 0 unspecified atom stereocenters. The summed E-state index contributed by atoms with van der Waals surface area (Å²) in [5.41, 5.74) is 2.26. The minimum absolute atomic E-state index is 0.639. The summed E-state index contributed by atoms with van der Waals surface area (Å²) >= 11 is 3.41. The highest BCUT2D eigenvalue weighted by Crippen LogP contribution is 2.23. The third-order valence-corrected chi connectivity index (χ3v) is 3.89. The van der Waals surface area contributed by atoms with Crippen LogP contribution in [0.4, 0.5) is 0 Å². The molecule has 1 aliphatic rings. The fourth-order valence-corrected chi connectivity index (χ4v) is 2.24. The minimum Gasteiger partial charge on any atom is -0.439 e. The first-order chi connectivity index (χ1) is 9.70. The molecule has 1 aliphatic carbocycles. The molecule has 104 valence electrons. The second kappa shape index (κ2) is 5.94. The van der Waals surface area contributed by atoms with Gasteiger partial charge in [0.05, 0.1) is 0 Å². The second-order valence-electron chi connectivity index (χ2n) is 5.11. The molecule has 0 bridgehead atoms. The summed E-state index contributed by atoms with van der Waals surface area (Å²) < 4.78 is 6.79. The summed E-state index contributed by atoms with van der Waals surface area (Å²) in [5, 5.41) is 3.50. The van der Waals surface area contributed by atoms with E-state index in [0.717, 1.165) is 22.5 Å². The maximum Gasteiger partial charge on any atom is 0.219 e. The molecule has 0 atom stereocenters. The summed E-state index contributed by atoms with van der Waals surface area (Å²) in [4.78, 5) is 4.52. The number of nitrogens with zero attached hydrogens (tertiary/aromatic N) is 1. The van der Waals surface area contributed by atoms with Gasteiger partial charge in [0.15, 0.2) is 0 Å². The average molecular weight is 333 g/mol. The number of halogens is 1. The van der Waals surface area contributed by atoms with Gasteiger partial charge in [0, 0.05) is 28.8 Å². The molecule has 1 aromatic carbocycles. The van der Waals surface area contributed by atoms with Crippen molar-refractivity contribution in [2.75, 3.05) is 0 Å². The lowest BCUT2D eigenvalue weighted by Crippen LogP contribution is -2.16. The van der Waals surface area contributed by atoms with E-state index in [2.05, 4.69) is 32.3 Å². The van der Waals surface area contributed by atoms with E-state index in [1.54, 1.807) is 0 Å². The maximum absolute atomic E-state index is 5.75. The lowest BCUT2D eigenvalue weighted by atomic mass is 10.2. The highest BCUT2D eigenvalue weighted by molar-refractivity contribution is 9.10. The van der Waals surface area contributed by atoms with E-state index >= 15 is 0 Å². The predicted molar refractivity (Wildman–Crippen MR) is 83.1 cm³/mol. The van der Waals surface area contributed by atoms with E-state index in [4.69, 9.17) is 4.74 Å². The van der Waals surface area contributed by atoms with Crippen LogP contribution in [0.2, 0.25) is 0 Å². The Kier molecular flexibility index (Phi) is 4.03. The number of hydrogen-bond donors (Lipinski definition) is 1. The van der Waals surface area contributed by atoms with Crippen LogP contribution in [0.3, 0.4) is 0 Å². The lowest BCUT2D eigenvalue weighted by Gasteiger charge is -2.09. The molecule has 3 rings (SSSR count). The maximum atomic E-state index is 5.75. The van der Waals surface area contributed by atoms with Crippen molar-refractivity contribution in [3.8, 4) is 11.6 Å². The molecule has 1 heterocycles. The molecular weight excluding hydrogens is 316 g/mol. The molecule has 0 aliphatic heterocycles. The number of nitrogens with one attached hydrogen (secondary N) is 1. The molecule has 1 fully saturated rings. The van der Waals surface area contributed by atoms with Gasteiger partial charge in [-0.1, -0.05) is 22.0 Å². The first-order valence-electron chi connectivity index (χ1n) is 6.84. The number of aromatic nitrogens is 1. The van der Waals surface area contributed by atoms with E-state index in [-0.39, 0.29) is 0 Å². The van der Waals surface area contributed by atoms with Gasteiger partial charge in [-0.2, -0.15) is 0 Å². The van der Waals surface area contributed by atoms with Crippen molar-refractivity contribution in [1.82, 2.24) is 10.3 Å². The van der Waals surface area contributed by atoms with Crippen LogP contribution in [-0.4, -0.2) is 11.0 Å². The van der Waals surface area contributed by atoms with Crippen molar-refractivity contribution >= 4 is 15.9 Å². The molecule has 0 spiro atoms. The Bertz CT molecular complexity index is 594. The van der Waals surface area contributed by atoms with Gasteiger partial charge in [-0.25, -0.2) is 4.98 Å². The molecular formula is C16H17BrN2O. The van der Waals surface area contributed by atoms with Gasteiger partial charge in [0.2, 0.25) is 5.88 Å². The van der Waals surface area contributed by atoms with Gasteiger partial charge in [0.1, 0.15) is 5.75 Å². The molecule has 1 aromatic heterocycles. The fraction of sp³-hybridized carbons (Fsp3) is 0.312. The Balaban J connectivity index is 1.67. The number of aryl methyl sites for hydroxylation is 1. The fourth-order valence-electron chi connectivity index (χ4n) is 1.98. The Labute approximate surface area is 127 Å². The number of pyridine rings is 1. The summed E-state index contributed by atoms with van der Waals surface area (Å²) in [5.74, 6) is 1.43.